The number of ether oxygens (including phenoxy) is 2. The molecule has 0 radical (unpaired) electrons. The van der Waals surface area contributed by atoms with E-state index < -0.39 is 0 Å². The molecule has 1 fully saturated rings. The molecule has 0 unspecified atom stereocenters. The van der Waals surface area contributed by atoms with Gasteiger partial charge in [0.2, 0.25) is 0 Å². The van der Waals surface area contributed by atoms with E-state index >= 15 is 0 Å². The summed E-state index contributed by atoms with van der Waals surface area (Å²) in [6.07, 6.45) is 8.00. The first-order valence-corrected chi connectivity index (χ1v) is 9.84. The Morgan fingerprint density at radius 2 is 1.67 bits per heavy atom. The van der Waals surface area contributed by atoms with Crippen LogP contribution in [0.1, 0.15) is 55.2 Å². The summed E-state index contributed by atoms with van der Waals surface area (Å²) in [5, 5.41) is 3.74. The molecule has 0 heterocycles. The first kappa shape index (κ1) is 21.6. The maximum Gasteiger partial charge on any atom is 0.166 e. The molecule has 4 heteroatoms. The highest BCUT2D eigenvalue weighted by atomic mass is 35.5. The van der Waals surface area contributed by atoms with Crippen molar-refractivity contribution in [2.45, 2.75) is 64.6 Å². The van der Waals surface area contributed by atoms with Gasteiger partial charge in [0.1, 0.15) is 6.61 Å². The molecule has 0 atom stereocenters. The van der Waals surface area contributed by atoms with Crippen molar-refractivity contribution < 1.29 is 9.47 Å². The molecule has 0 saturated heterocycles. The van der Waals surface area contributed by atoms with Crippen LogP contribution in [0.2, 0.25) is 0 Å². The van der Waals surface area contributed by atoms with Crippen molar-refractivity contribution in [1.82, 2.24) is 5.32 Å². The standard InChI is InChI=1S/C23H31NO2.ClH/c1-18-12-14-19(15-13-18)17-26-23-20(8-7-11-22(23)25-2)16-24-21-9-5-3-4-6-10-21;/h7-8,11-15,21,24H,3-6,9-10,16-17H2,1-2H3;1H. The number of hydrogen-bond acceptors (Lipinski definition) is 3. The van der Waals surface area contributed by atoms with Gasteiger partial charge in [-0.1, -0.05) is 67.6 Å². The van der Waals surface area contributed by atoms with Gasteiger partial charge in [0.05, 0.1) is 7.11 Å². The summed E-state index contributed by atoms with van der Waals surface area (Å²) in [5.41, 5.74) is 3.60. The Morgan fingerprint density at radius 3 is 2.33 bits per heavy atom. The van der Waals surface area contributed by atoms with Crippen LogP contribution < -0.4 is 14.8 Å². The third-order valence-corrected chi connectivity index (χ3v) is 5.22. The summed E-state index contributed by atoms with van der Waals surface area (Å²) in [4.78, 5) is 0. The Hall–Kier alpha value is -1.71. The molecule has 0 aliphatic heterocycles. The van der Waals surface area contributed by atoms with Crippen molar-refractivity contribution in [3.63, 3.8) is 0 Å². The molecule has 148 valence electrons. The minimum atomic E-state index is 0. The zero-order valence-corrected chi connectivity index (χ0v) is 17.3. The number of aryl methyl sites for hydroxylation is 1. The molecule has 1 saturated carbocycles. The third kappa shape index (κ3) is 6.44. The van der Waals surface area contributed by atoms with Gasteiger partial charge < -0.3 is 14.8 Å². The molecule has 3 rings (SSSR count). The molecule has 1 aliphatic rings. The van der Waals surface area contributed by atoms with E-state index in [0.29, 0.717) is 12.6 Å². The number of nitrogens with one attached hydrogen (secondary N) is 1. The number of para-hydroxylation sites is 1. The van der Waals surface area contributed by atoms with Gasteiger partial charge in [0, 0.05) is 18.2 Å². The summed E-state index contributed by atoms with van der Waals surface area (Å²) in [6.45, 7) is 3.48. The lowest BCUT2D eigenvalue weighted by Crippen LogP contribution is -2.28. The van der Waals surface area contributed by atoms with Crippen molar-refractivity contribution in [3.8, 4) is 11.5 Å². The summed E-state index contributed by atoms with van der Waals surface area (Å²) < 4.78 is 11.7. The minimum Gasteiger partial charge on any atom is -0.493 e. The van der Waals surface area contributed by atoms with E-state index in [0.717, 1.165) is 18.0 Å². The highest BCUT2D eigenvalue weighted by Gasteiger charge is 2.15. The van der Waals surface area contributed by atoms with Crippen LogP contribution in [0.15, 0.2) is 42.5 Å². The SMILES string of the molecule is COc1cccc(CNC2CCCCCC2)c1OCc1ccc(C)cc1.Cl. The van der Waals surface area contributed by atoms with Crippen LogP contribution in [0.5, 0.6) is 11.5 Å². The fourth-order valence-electron chi connectivity index (χ4n) is 3.60. The maximum atomic E-state index is 6.18. The van der Waals surface area contributed by atoms with Crippen LogP contribution in [0.3, 0.4) is 0 Å². The van der Waals surface area contributed by atoms with E-state index in [4.69, 9.17) is 9.47 Å². The van der Waals surface area contributed by atoms with Crippen molar-refractivity contribution >= 4 is 12.4 Å². The van der Waals surface area contributed by atoms with Crippen molar-refractivity contribution in [1.29, 1.82) is 0 Å². The second kappa shape index (κ2) is 11.2. The minimum absolute atomic E-state index is 0. The van der Waals surface area contributed by atoms with Gasteiger partial charge in [-0.15, -0.1) is 12.4 Å². The van der Waals surface area contributed by atoms with Gasteiger partial charge in [-0.05, 0) is 31.4 Å². The quantitative estimate of drug-likeness (QED) is 0.605. The lowest BCUT2D eigenvalue weighted by molar-refractivity contribution is 0.280. The number of methoxy groups -OCH3 is 1. The fraction of sp³-hybridized carbons (Fsp3) is 0.478. The molecule has 1 aliphatic carbocycles. The van der Waals surface area contributed by atoms with Crippen molar-refractivity contribution in [2.24, 2.45) is 0 Å². The van der Waals surface area contributed by atoms with Gasteiger partial charge in [0.15, 0.2) is 11.5 Å². The second-order valence-corrected chi connectivity index (χ2v) is 7.29. The Balaban J connectivity index is 0.00000261. The molecule has 2 aromatic rings. The summed E-state index contributed by atoms with van der Waals surface area (Å²) in [7, 11) is 1.70. The van der Waals surface area contributed by atoms with Crippen LogP contribution >= 0.6 is 12.4 Å². The Bertz CT molecular complexity index is 679. The topological polar surface area (TPSA) is 30.5 Å². The van der Waals surface area contributed by atoms with Gasteiger partial charge >= 0.3 is 0 Å². The smallest absolute Gasteiger partial charge is 0.166 e. The molecule has 1 N–H and O–H groups in total. The Morgan fingerprint density at radius 1 is 0.963 bits per heavy atom. The van der Waals surface area contributed by atoms with Gasteiger partial charge in [-0.2, -0.15) is 0 Å². The van der Waals surface area contributed by atoms with Crippen LogP contribution in [0.4, 0.5) is 0 Å². The summed E-state index contributed by atoms with van der Waals surface area (Å²) in [6, 6.07) is 15.2. The number of benzene rings is 2. The van der Waals surface area contributed by atoms with Gasteiger partial charge in [0.25, 0.3) is 0 Å². The third-order valence-electron chi connectivity index (χ3n) is 5.22. The van der Waals surface area contributed by atoms with E-state index in [1.165, 1.54) is 55.2 Å². The fourth-order valence-corrected chi connectivity index (χ4v) is 3.60. The van der Waals surface area contributed by atoms with Gasteiger partial charge in [-0.3, -0.25) is 0 Å². The van der Waals surface area contributed by atoms with E-state index in [2.05, 4.69) is 42.6 Å². The largest absolute Gasteiger partial charge is 0.493 e. The maximum absolute atomic E-state index is 6.18. The molecular formula is C23H32ClNO2. The normalized spacial score (nSPS) is 14.9. The Labute approximate surface area is 169 Å². The highest BCUT2D eigenvalue weighted by molar-refractivity contribution is 5.85. The Kier molecular flexibility index (Phi) is 8.96. The average Bonchev–Trinajstić information content (AvgIpc) is 2.95. The van der Waals surface area contributed by atoms with Crippen molar-refractivity contribution in [2.75, 3.05) is 7.11 Å². The molecule has 0 spiro atoms. The van der Waals surface area contributed by atoms with Gasteiger partial charge in [-0.25, -0.2) is 0 Å². The second-order valence-electron chi connectivity index (χ2n) is 7.29. The molecular weight excluding hydrogens is 358 g/mol. The predicted molar refractivity (Wildman–Crippen MR) is 114 cm³/mol. The summed E-state index contributed by atoms with van der Waals surface area (Å²) in [5.74, 6) is 1.66. The first-order chi connectivity index (χ1) is 12.8. The molecule has 27 heavy (non-hydrogen) atoms. The van der Waals surface area contributed by atoms with E-state index in [9.17, 15) is 0 Å². The summed E-state index contributed by atoms with van der Waals surface area (Å²) >= 11 is 0. The molecule has 2 aromatic carbocycles. The first-order valence-electron chi connectivity index (χ1n) is 9.84. The molecule has 0 bridgehead atoms. The molecule has 0 amide bonds. The predicted octanol–water partition coefficient (Wildman–Crippen LogP) is 5.82. The zero-order valence-electron chi connectivity index (χ0n) is 16.5. The van der Waals surface area contributed by atoms with Crippen molar-refractivity contribution in [3.05, 3.63) is 59.2 Å². The molecule has 0 aromatic heterocycles. The number of rotatable bonds is 7. The van der Waals surface area contributed by atoms with Crippen LogP contribution in [0.25, 0.3) is 0 Å². The van der Waals surface area contributed by atoms with E-state index in [1.54, 1.807) is 7.11 Å². The van der Waals surface area contributed by atoms with Crippen LogP contribution in [-0.4, -0.2) is 13.2 Å². The zero-order chi connectivity index (χ0) is 18.2. The monoisotopic (exact) mass is 389 g/mol. The highest BCUT2D eigenvalue weighted by Crippen LogP contribution is 2.32. The number of halogens is 1. The molecule has 3 nitrogen and oxygen atoms in total. The lowest BCUT2D eigenvalue weighted by atomic mass is 10.1. The van der Waals surface area contributed by atoms with E-state index in [-0.39, 0.29) is 12.4 Å². The van der Waals surface area contributed by atoms with Crippen LogP contribution in [0, 0.1) is 6.92 Å². The lowest BCUT2D eigenvalue weighted by Gasteiger charge is -2.19. The number of hydrogen-bond donors (Lipinski definition) is 1. The van der Waals surface area contributed by atoms with Crippen LogP contribution in [-0.2, 0) is 13.2 Å². The van der Waals surface area contributed by atoms with E-state index in [1.807, 2.05) is 12.1 Å². The average molecular weight is 390 g/mol.